The van der Waals surface area contributed by atoms with Crippen LogP contribution in [-0.2, 0) is 40.0 Å². The third-order valence-electron chi connectivity index (χ3n) is 9.80. The van der Waals surface area contributed by atoms with Gasteiger partial charge < -0.3 is 41.0 Å². The van der Waals surface area contributed by atoms with Crippen molar-refractivity contribution in [3.05, 3.63) is 102 Å². The summed E-state index contributed by atoms with van der Waals surface area (Å²) in [7, 11) is 0. The molecule has 1 aromatic rings. The maximum absolute atomic E-state index is 13.2. The van der Waals surface area contributed by atoms with E-state index in [9.17, 15) is 29.1 Å². The number of aliphatic hydroxyl groups excluding tert-OH is 1. The van der Waals surface area contributed by atoms with Crippen molar-refractivity contribution < 1.29 is 43.3 Å². The molecule has 2 aliphatic rings. The number of anilines is 1. The second kappa shape index (κ2) is 24.5. The average molecular weight is 803 g/mol. The standard InChI is InChI=1S/C45H62N4O9/c1-7-12-40-32(5)39(51)27-41(58-40)37(16-10-13-29(2)25-31(4)26-30(3)19-24-36-14-11-18-43(53)57-36)49-45(55)56-28-34-20-22-35(23-21-34)48-44(54)38(47-33(6)50)15-8-9-17-42(46)52/h7,10-13,16,18-24,26,31-32,36-41,51H,8-9,14-15,17,25,27-28H2,1-6H3,(H2,46,52)(H,47,50)(H,48,54)(H,49,55)/b12-7+,16-10+,24-19+,29-13+,30-26-/t31-,32+,36-,37-,38+,39-,40+,41+/m1/s1. The molecular formula is C45H62N4O9. The number of nitrogens with one attached hydrogen (secondary N) is 3. The zero-order valence-corrected chi connectivity index (χ0v) is 34.6. The number of alkyl carbamates (subject to hydrolysis) is 1. The Labute approximate surface area is 342 Å². The van der Waals surface area contributed by atoms with Gasteiger partial charge in [-0.1, -0.05) is 92.2 Å². The summed E-state index contributed by atoms with van der Waals surface area (Å²) in [5.74, 6) is -1.36. The summed E-state index contributed by atoms with van der Waals surface area (Å²) in [5, 5.41) is 19.3. The largest absolute Gasteiger partial charge is 0.455 e. The van der Waals surface area contributed by atoms with Crippen LogP contribution in [0.15, 0.2) is 96.2 Å². The first-order valence-electron chi connectivity index (χ1n) is 20.1. The summed E-state index contributed by atoms with van der Waals surface area (Å²) in [6.07, 6.45) is 19.8. The van der Waals surface area contributed by atoms with Gasteiger partial charge in [-0.05, 0) is 69.7 Å². The van der Waals surface area contributed by atoms with Crippen LogP contribution in [0.3, 0.4) is 0 Å². The van der Waals surface area contributed by atoms with E-state index in [-0.39, 0.29) is 48.9 Å². The van der Waals surface area contributed by atoms with Crippen LogP contribution in [0, 0.1) is 11.8 Å². The number of allylic oxidation sites excluding steroid dienone is 7. The second-order valence-electron chi connectivity index (χ2n) is 15.2. The third-order valence-corrected chi connectivity index (χ3v) is 9.80. The molecule has 4 amide bonds. The number of esters is 1. The fourth-order valence-corrected chi connectivity index (χ4v) is 6.75. The molecule has 0 aliphatic carbocycles. The number of carbonyl (C=O) groups excluding carboxylic acids is 5. The van der Waals surface area contributed by atoms with E-state index in [0.29, 0.717) is 43.4 Å². The van der Waals surface area contributed by atoms with Crippen LogP contribution in [0.4, 0.5) is 10.5 Å². The highest BCUT2D eigenvalue weighted by molar-refractivity contribution is 5.97. The molecule has 58 heavy (non-hydrogen) atoms. The van der Waals surface area contributed by atoms with Gasteiger partial charge in [0.1, 0.15) is 18.8 Å². The monoisotopic (exact) mass is 802 g/mol. The van der Waals surface area contributed by atoms with E-state index in [1.165, 1.54) is 13.0 Å². The number of nitrogens with two attached hydrogens (primary N) is 1. The molecule has 0 unspecified atom stereocenters. The minimum atomic E-state index is -0.775. The molecule has 2 aliphatic heterocycles. The summed E-state index contributed by atoms with van der Waals surface area (Å²) >= 11 is 0. The molecule has 0 spiro atoms. The smallest absolute Gasteiger partial charge is 0.408 e. The van der Waals surface area contributed by atoms with Gasteiger partial charge >= 0.3 is 12.1 Å². The van der Waals surface area contributed by atoms with E-state index in [0.717, 1.165) is 17.6 Å². The van der Waals surface area contributed by atoms with Crippen LogP contribution in [0.1, 0.15) is 92.1 Å². The van der Waals surface area contributed by atoms with Crippen LogP contribution in [0.25, 0.3) is 0 Å². The lowest BCUT2D eigenvalue weighted by molar-refractivity contribution is -0.141. The molecule has 6 N–H and O–H groups in total. The Morgan fingerprint density at radius 1 is 1.07 bits per heavy atom. The highest BCUT2D eigenvalue weighted by Crippen LogP contribution is 2.29. The van der Waals surface area contributed by atoms with Crippen LogP contribution < -0.4 is 21.7 Å². The van der Waals surface area contributed by atoms with Crippen molar-refractivity contribution in [3.8, 4) is 0 Å². The van der Waals surface area contributed by atoms with Gasteiger partial charge in [0, 0.05) is 43.9 Å². The second-order valence-corrected chi connectivity index (χ2v) is 15.2. The number of amides is 4. The highest BCUT2D eigenvalue weighted by Gasteiger charge is 2.37. The number of hydrogen-bond donors (Lipinski definition) is 5. The van der Waals surface area contributed by atoms with Gasteiger partial charge in [0.15, 0.2) is 0 Å². The maximum atomic E-state index is 13.2. The molecule has 1 aromatic carbocycles. The molecule has 13 nitrogen and oxygen atoms in total. The van der Waals surface area contributed by atoms with Crippen molar-refractivity contribution in [2.45, 2.75) is 130 Å². The molecular weight excluding hydrogens is 741 g/mol. The first kappa shape index (κ1) is 47.1. The van der Waals surface area contributed by atoms with E-state index in [1.807, 2.05) is 76.3 Å². The summed E-state index contributed by atoms with van der Waals surface area (Å²) in [5.41, 5.74) is 8.57. The maximum Gasteiger partial charge on any atom is 0.408 e. The van der Waals surface area contributed by atoms with Crippen molar-refractivity contribution in [3.63, 3.8) is 0 Å². The Balaban J connectivity index is 1.62. The van der Waals surface area contributed by atoms with Gasteiger partial charge in [-0.25, -0.2) is 9.59 Å². The zero-order valence-electron chi connectivity index (χ0n) is 34.6. The number of hydrogen-bond acceptors (Lipinski definition) is 9. The molecule has 0 aromatic heterocycles. The van der Waals surface area contributed by atoms with E-state index in [2.05, 4.69) is 29.0 Å². The number of ether oxygens (including phenoxy) is 3. The third kappa shape index (κ3) is 17.5. The van der Waals surface area contributed by atoms with Gasteiger partial charge in [-0.2, -0.15) is 0 Å². The van der Waals surface area contributed by atoms with Crippen LogP contribution in [0.5, 0.6) is 0 Å². The van der Waals surface area contributed by atoms with Gasteiger partial charge in [0.05, 0.1) is 24.4 Å². The predicted octanol–water partition coefficient (Wildman–Crippen LogP) is 6.40. The number of cyclic esters (lactones) is 1. The number of benzene rings is 1. The number of primary amides is 1. The fourth-order valence-electron chi connectivity index (χ4n) is 6.75. The van der Waals surface area contributed by atoms with E-state index < -0.39 is 42.2 Å². The average Bonchev–Trinajstić information content (AvgIpc) is 3.16. The normalized spacial score (nSPS) is 23.0. The Hall–Kier alpha value is -5.27. The van der Waals surface area contributed by atoms with Crippen molar-refractivity contribution in [1.29, 1.82) is 0 Å². The Bertz CT molecular complexity index is 1730. The zero-order chi connectivity index (χ0) is 42.6. The van der Waals surface area contributed by atoms with Gasteiger partial charge in [0.25, 0.3) is 0 Å². The quantitative estimate of drug-likeness (QED) is 0.0429. The molecule has 1 saturated heterocycles. The summed E-state index contributed by atoms with van der Waals surface area (Å²) in [6, 6.07) is 5.41. The van der Waals surface area contributed by atoms with Crippen LogP contribution in [-0.4, -0.2) is 71.4 Å². The van der Waals surface area contributed by atoms with E-state index in [4.69, 9.17) is 19.9 Å². The van der Waals surface area contributed by atoms with Crippen molar-refractivity contribution in [1.82, 2.24) is 10.6 Å². The van der Waals surface area contributed by atoms with Crippen molar-refractivity contribution >= 4 is 35.5 Å². The Morgan fingerprint density at radius 2 is 1.81 bits per heavy atom. The number of aliphatic hydroxyl groups is 1. The lowest BCUT2D eigenvalue weighted by atomic mass is 9.87. The van der Waals surface area contributed by atoms with Gasteiger partial charge in [-0.3, -0.25) is 14.4 Å². The highest BCUT2D eigenvalue weighted by atomic mass is 16.6. The van der Waals surface area contributed by atoms with Crippen LogP contribution >= 0.6 is 0 Å². The fraction of sp³-hybridized carbons (Fsp3) is 0.489. The predicted molar refractivity (Wildman–Crippen MR) is 224 cm³/mol. The first-order chi connectivity index (χ1) is 27.6. The number of unbranched alkanes of at least 4 members (excludes halogenated alkanes) is 1. The molecule has 8 atom stereocenters. The lowest BCUT2D eigenvalue weighted by Gasteiger charge is -2.39. The number of rotatable bonds is 20. The van der Waals surface area contributed by atoms with Crippen LogP contribution in [0.2, 0.25) is 0 Å². The summed E-state index contributed by atoms with van der Waals surface area (Å²) in [4.78, 5) is 60.4. The summed E-state index contributed by atoms with van der Waals surface area (Å²) in [6.45, 7) is 11.3. The molecule has 13 heteroatoms. The molecule has 3 rings (SSSR count). The first-order valence-corrected chi connectivity index (χ1v) is 20.1. The Morgan fingerprint density at radius 3 is 2.48 bits per heavy atom. The molecule has 1 fully saturated rings. The minimum absolute atomic E-state index is 0.0425. The van der Waals surface area contributed by atoms with E-state index >= 15 is 0 Å². The molecule has 0 radical (unpaired) electrons. The SMILES string of the molecule is C/C=C/[C@@H]1O[C@H]([C@@H](/C=C/C=C(\C)C[C@@H](C)/C=C(C)\C=C\[C@H]2CC=CC(=O)O2)NC(=O)OCc2ccc(NC(=O)[C@H](CCCCC(N)=O)NC(C)=O)cc2)C[C@@H](O)[C@@H]1C. The minimum Gasteiger partial charge on any atom is -0.455 e. The van der Waals surface area contributed by atoms with Gasteiger partial charge in [0.2, 0.25) is 17.7 Å². The molecule has 0 saturated carbocycles. The van der Waals surface area contributed by atoms with Gasteiger partial charge in [-0.15, -0.1) is 0 Å². The lowest BCUT2D eigenvalue weighted by Crippen LogP contribution is -2.51. The molecule has 0 bridgehead atoms. The Kier molecular flexibility index (Phi) is 19.9. The number of carbonyl (C=O) groups is 5. The van der Waals surface area contributed by atoms with E-state index in [1.54, 1.807) is 24.3 Å². The topological polar surface area (TPSA) is 195 Å². The molecule has 2 heterocycles. The van der Waals surface area contributed by atoms with Crippen molar-refractivity contribution in [2.24, 2.45) is 17.6 Å². The van der Waals surface area contributed by atoms with Crippen molar-refractivity contribution in [2.75, 3.05) is 5.32 Å². The molecule has 316 valence electrons. The summed E-state index contributed by atoms with van der Waals surface area (Å²) < 4.78 is 17.3.